The maximum Gasteiger partial charge on any atom is 0.219 e. The highest BCUT2D eigenvalue weighted by Gasteiger charge is 2.01. The molecule has 0 saturated heterocycles. The van der Waals surface area contributed by atoms with Crippen molar-refractivity contribution < 1.29 is 4.74 Å². The molecule has 4 heteroatoms. The van der Waals surface area contributed by atoms with Crippen molar-refractivity contribution >= 4 is 11.6 Å². The van der Waals surface area contributed by atoms with E-state index in [9.17, 15) is 0 Å². The van der Waals surface area contributed by atoms with Crippen LogP contribution in [0.25, 0.3) is 0 Å². The van der Waals surface area contributed by atoms with E-state index >= 15 is 0 Å². The summed E-state index contributed by atoms with van der Waals surface area (Å²) in [6, 6.07) is 13.0. The summed E-state index contributed by atoms with van der Waals surface area (Å²) in [5, 5.41) is 3.96. The van der Waals surface area contributed by atoms with Gasteiger partial charge in [-0.1, -0.05) is 30.7 Å². The molecule has 1 aromatic carbocycles. The van der Waals surface area contributed by atoms with E-state index in [4.69, 9.17) is 16.3 Å². The van der Waals surface area contributed by atoms with Crippen molar-refractivity contribution in [2.45, 2.75) is 19.9 Å². The van der Waals surface area contributed by atoms with E-state index in [0.29, 0.717) is 16.7 Å². The number of hydrogen-bond acceptors (Lipinski definition) is 3. The van der Waals surface area contributed by atoms with Crippen LogP contribution in [-0.2, 0) is 6.54 Å². The normalized spacial score (nSPS) is 10.4. The Morgan fingerprint density at radius 2 is 2.05 bits per heavy atom. The summed E-state index contributed by atoms with van der Waals surface area (Å²) in [6.45, 7) is 3.88. The molecule has 0 amide bonds. The van der Waals surface area contributed by atoms with Crippen LogP contribution in [0.1, 0.15) is 19.0 Å². The van der Waals surface area contributed by atoms with E-state index in [-0.39, 0.29) is 0 Å². The molecule has 1 N–H and O–H groups in total. The molecule has 1 heterocycles. The zero-order chi connectivity index (χ0) is 13.5. The van der Waals surface area contributed by atoms with Crippen LogP contribution in [0.2, 0.25) is 5.02 Å². The zero-order valence-electron chi connectivity index (χ0n) is 10.9. The van der Waals surface area contributed by atoms with Gasteiger partial charge in [0, 0.05) is 17.6 Å². The van der Waals surface area contributed by atoms with E-state index in [1.165, 1.54) is 0 Å². The fourth-order valence-electron chi connectivity index (χ4n) is 1.66. The summed E-state index contributed by atoms with van der Waals surface area (Å²) in [4.78, 5) is 4.44. The van der Waals surface area contributed by atoms with Crippen LogP contribution in [-0.4, -0.2) is 11.5 Å². The van der Waals surface area contributed by atoms with E-state index in [0.717, 1.165) is 25.2 Å². The van der Waals surface area contributed by atoms with Gasteiger partial charge in [-0.3, -0.25) is 0 Å². The molecule has 2 aromatic rings. The Bertz CT molecular complexity index is 531. The predicted octanol–water partition coefficient (Wildman–Crippen LogP) is 4.03. The second-order valence-corrected chi connectivity index (χ2v) is 4.64. The van der Waals surface area contributed by atoms with Crippen molar-refractivity contribution in [3.63, 3.8) is 0 Å². The summed E-state index contributed by atoms with van der Waals surface area (Å²) in [5.41, 5.74) is 0.966. The van der Waals surface area contributed by atoms with Gasteiger partial charge in [-0.2, -0.15) is 0 Å². The van der Waals surface area contributed by atoms with Gasteiger partial charge in [0.2, 0.25) is 5.88 Å². The molecule has 0 atom stereocenters. The Morgan fingerprint density at radius 3 is 2.84 bits per heavy atom. The van der Waals surface area contributed by atoms with Gasteiger partial charge in [-0.15, -0.1) is 0 Å². The number of hydrogen-bond donors (Lipinski definition) is 1. The van der Waals surface area contributed by atoms with Gasteiger partial charge >= 0.3 is 0 Å². The molecule has 0 aliphatic carbocycles. The molecule has 0 aliphatic heterocycles. The summed E-state index contributed by atoms with van der Waals surface area (Å²) < 4.78 is 5.68. The SMILES string of the molecule is CCCNCc1cccc(Oc2cccc(Cl)c2)n1. The van der Waals surface area contributed by atoms with Crippen molar-refractivity contribution in [1.29, 1.82) is 0 Å². The highest BCUT2D eigenvalue weighted by Crippen LogP contribution is 2.22. The third kappa shape index (κ3) is 4.54. The molecule has 0 spiro atoms. The quantitative estimate of drug-likeness (QED) is 0.809. The lowest BCUT2D eigenvalue weighted by molar-refractivity contribution is 0.459. The van der Waals surface area contributed by atoms with Crippen LogP contribution in [0.15, 0.2) is 42.5 Å². The van der Waals surface area contributed by atoms with Gasteiger partial charge in [0.25, 0.3) is 0 Å². The predicted molar refractivity (Wildman–Crippen MR) is 77.8 cm³/mol. The second kappa shape index (κ2) is 7.12. The Morgan fingerprint density at radius 1 is 1.21 bits per heavy atom. The minimum absolute atomic E-state index is 0.582. The first-order valence-corrected chi connectivity index (χ1v) is 6.76. The van der Waals surface area contributed by atoms with E-state index in [2.05, 4.69) is 17.2 Å². The number of benzene rings is 1. The van der Waals surface area contributed by atoms with Gasteiger partial charge in [0.05, 0.1) is 5.69 Å². The smallest absolute Gasteiger partial charge is 0.219 e. The molecule has 2 rings (SSSR count). The highest BCUT2D eigenvalue weighted by molar-refractivity contribution is 6.30. The lowest BCUT2D eigenvalue weighted by Crippen LogP contribution is -2.14. The van der Waals surface area contributed by atoms with Crippen molar-refractivity contribution in [1.82, 2.24) is 10.3 Å². The number of rotatable bonds is 6. The van der Waals surface area contributed by atoms with Gasteiger partial charge < -0.3 is 10.1 Å². The van der Waals surface area contributed by atoms with Gasteiger partial charge in [-0.05, 0) is 37.2 Å². The minimum atomic E-state index is 0.582. The van der Waals surface area contributed by atoms with E-state index in [1.54, 1.807) is 6.07 Å². The van der Waals surface area contributed by atoms with Gasteiger partial charge in [0.15, 0.2) is 0 Å². The number of nitrogens with one attached hydrogen (secondary N) is 1. The van der Waals surface area contributed by atoms with E-state index in [1.807, 2.05) is 36.4 Å². The maximum atomic E-state index is 5.92. The first-order chi connectivity index (χ1) is 9.28. The van der Waals surface area contributed by atoms with Gasteiger partial charge in [0.1, 0.15) is 5.75 Å². The average Bonchev–Trinajstić information content (AvgIpc) is 2.39. The molecule has 19 heavy (non-hydrogen) atoms. The Balaban J connectivity index is 2.02. The third-order valence-corrected chi connectivity index (χ3v) is 2.77. The summed E-state index contributed by atoms with van der Waals surface area (Å²) in [7, 11) is 0. The van der Waals surface area contributed by atoms with Crippen LogP contribution in [0.4, 0.5) is 0 Å². The second-order valence-electron chi connectivity index (χ2n) is 4.20. The first-order valence-electron chi connectivity index (χ1n) is 6.38. The standard InChI is InChI=1S/C15H17ClN2O/c1-2-9-17-11-13-6-4-8-15(18-13)19-14-7-3-5-12(16)10-14/h3-8,10,17H,2,9,11H2,1H3. The van der Waals surface area contributed by atoms with Crippen molar-refractivity contribution in [3.05, 3.63) is 53.2 Å². The topological polar surface area (TPSA) is 34.1 Å². The Kier molecular flexibility index (Phi) is 5.19. The molecule has 1 aromatic heterocycles. The summed E-state index contributed by atoms with van der Waals surface area (Å²) in [6.07, 6.45) is 1.11. The fourth-order valence-corrected chi connectivity index (χ4v) is 1.84. The first kappa shape index (κ1) is 13.8. The molecular weight excluding hydrogens is 260 g/mol. The van der Waals surface area contributed by atoms with Crippen molar-refractivity contribution in [2.75, 3.05) is 6.54 Å². The molecule has 0 fully saturated rings. The number of ether oxygens (including phenoxy) is 1. The van der Waals surface area contributed by atoms with Crippen LogP contribution in [0, 0.1) is 0 Å². The number of pyridine rings is 1. The number of halogens is 1. The monoisotopic (exact) mass is 276 g/mol. The lowest BCUT2D eigenvalue weighted by atomic mass is 10.3. The van der Waals surface area contributed by atoms with Gasteiger partial charge in [-0.25, -0.2) is 4.98 Å². The molecule has 100 valence electrons. The molecule has 0 bridgehead atoms. The molecule has 0 unspecified atom stereocenters. The molecule has 0 radical (unpaired) electrons. The Labute approximate surface area is 118 Å². The third-order valence-electron chi connectivity index (χ3n) is 2.53. The molecule has 3 nitrogen and oxygen atoms in total. The summed E-state index contributed by atoms with van der Waals surface area (Å²) in [5.74, 6) is 1.27. The highest BCUT2D eigenvalue weighted by atomic mass is 35.5. The van der Waals surface area contributed by atoms with Crippen LogP contribution >= 0.6 is 11.6 Å². The van der Waals surface area contributed by atoms with Crippen LogP contribution in [0.3, 0.4) is 0 Å². The molecular formula is C15H17ClN2O. The average molecular weight is 277 g/mol. The fraction of sp³-hybridized carbons (Fsp3) is 0.267. The molecule has 0 saturated carbocycles. The van der Waals surface area contributed by atoms with Crippen molar-refractivity contribution in [2.24, 2.45) is 0 Å². The van der Waals surface area contributed by atoms with Crippen LogP contribution < -0.4 is 10.1 Å². The van der Waals surface area contributed by atoms with Crippen molar-refractivity contribution in [3.8, 4) is 11.6 Å². The zero-order valence-corrected chi connectivity index (χ0v) is 11.7. The lowest BCUT2D eigenvalue weighted by Gasteiger charge is -2.07. The largest absolute Gasteiger partial charge is 0.439 e. The molecule has 0 aliphatic rings. The maximum absolute atomic E-state index is 5.92. The minimum Gasteiger partial charge on any atom is -0.439 e. The summed E-state index contributed by atoms with van der Waals surface area (Å²) >= 11 is 5.92. The van der Waals surface area contributed by atoms with E-state index < -0.39 is 0 Å². The Hall–Kier alpha value is -1.58. The number of nitrogens with zero attached hydrogens (tertiary/aromatic N) is 1. The van der Waals surface area contributed by atoms with Crippen LogP contribution in [0.5, 0.6) is 11.6 Å². The number of aromatic nitrogens is 1.